The van der Waals surface area contributed by atoms with E-state index >= 15 is 0 Å². The van der Waals surface area contributed by atoms with Crippen molar-refractivity contribution in [3.8, 4) is 0 Å². The summed E-state index contributed by atoms with van der Waals surface area (Å²) in [6.07, 6.45) is 1.12. The van der Waals surface area contributed by atoms with Crippen LogP contribution in [0.15, 0.2) is 47.5 Å². The number of aromatic nitrogens is 1. The molecule has 0 aliphatic carbocycles. The zero-order valence-electron chi connectivity index (χ0n) is 10.2. The van der Waals surface area contributed by atoms with E-state index in [0.717, 1.165) is 6.20 Å². The van der Waals surface area contributed by atoms with E-state index in [4.69, 9.17) is 16.7 Å². The number of rotatable bonds is 4. The van der Waals surface area contributed by atoms with E-state index in [1.165, 1.54) is 24.3 Å². The van der Waals surface area contributed by atoms with Crippen molar-refractivity contribution in [3.05, 3.63) is 58.9 Å². The molecule has 1 heterocycles. The second-order valence-corrected chi connectivity index (χ2v) is 6.40. The number of sulfone groups is 1. The molecule has 20 heavy (non-hydrogen) atoms. The first-order valence-corrected chi connectivity index (χ1v) is 7.59. The lowest BCUT2D eigenvalue weighted by atomic mass is 10.2. The first-order valence-electron chi connectivity index (χ1n) is 5.55. The van der Waals surface area contributed by atoms with Gasteiger partial charge in [-0.2, -0.15) is 0 Å². The monoisotopic (exact) mass is 311 g/mol. The van der Waals surface area contributed by atoms with Gasteiger partial charge in [0, 0.05) is 6.20 Å². The number of hydrogen-bond acceptors (Lipinski definition) is 4. The largest absolute Gasteiger partial charge is 0.478 e. The van der Waals surface area contributed by atoms with Crippen LogP contribution in [0, 0.1) is 0 Å². The van der Waals surface area contributed by atoms with Crippen LogP contribution in [0.4, 0.5) is 0 Å². The first kappa shape index (κ1) is 14.5. The minimum Gasteiger partial charge on any atom is -0.478 e. The van der Waals surface area contributed by atoms with Crippen molar-refractivity contribution < 1.29 is 18.3 Å². The fourth-order valence-electron chi connectivity index (χ4n) is 1.61. The summed E-state index contributed by atoms with van der Waals surface area (Å²) in [6.45, 7) is 0. The normalized spacial score (nSPS) is 11.2. The van der Waals surface area contributed by atoms with Gasteiger partial charge in [-0.1, -0.05) is 23.7 Å². The van der Waals surface area contributed by atoms with E-state index in [0.29, 0.717) is 0 Å². The minimum atomic E-state index is -3.62. The Bertz CT molecular complexity index is 741. The predicted octanol–water partition coefficient (Wildman–Crippen LogP) is 2.41. The molecule has 0 amide bonds. The average Bonchev–Trinajstić information content (AvgIpc) is 2.39. The van der Waals surface area contributed by atoms with Gasteiger partial charge in [-0.15, -0.1) is 0 Å². The SMILES string of the molecule is O=C(O)c1ccc(CS(=O)(=O)c2ccccc2Cl)nc1. The van der Waals surface area contributed by atoms with Crippen LogP contribution in [0.25, 0.3) is 0 Å². The topological polar surface area (TPSA) is 84.3 Å². The molecule has 0 aliphatic rings. The Morgan fingerprint density at radius 2 is 1.90 bits per heavy atom. The van der Waals surface area contributed by atoms with Gasteiger partial charge in [-0.05, 0) is 24.3 Å². The van der Waals surface area contributed by atoms with Crippen LogP contribution in [0.3, 0.4) is 0 Å². The maximum Gasteiger partial charge on any atom is 0.337 e. The van der Waals surface area contributed by atoms with Gasteiger partial charge in [0.05, 0.1) is 26.9 Å². The highest BCUT2D eigenvalue weighted by molar-refractivity contribution is 7.90. The number of benzene rings is 1. The molecule has 0 atom stereocenters. The smallest absolute Gasteiger partial charge is 0.337 e. The molecule has 2 aromatic rings. The van der Waals surface area contributed by atoms with Gasteiger partial charge in [-0.25, -0.2) is 13.2 Å². The van der Waals surface area contributed by atoms with E-state index in [-0.39, 0.29) is 26.9 Å². The van der Waals surface area contributed by atoms with E-state index in [1.54, 1.807) is 12.1 Å². The highest BCUT2D eigenvalue weighted by Crippen LogP contribution is 2.23. The molecule has 2 rings (SSSR count). The molecule has 0 saturated carbocycles. The molecule has 7 heteroatoms. The Kier molecular flexibility index (Phi) is 4.06. The molecule has 1 aromatic heterocycles. The molecule has 5 nitrogen and oxygen atoms in total. The summed E-state index contributed by atoms with van der Waals surface area (Å²) in [5.74, 6) is -1.45. The van der Waals surface area contributed by atoms with Crippen molar-refractivity contribution in [3.63, 3.8) is 0 Å². The van der Waals surface area contributed by atoms with Crippen LogP contribution in [0.2, 0.25) is 5.02 Å². The number of halogens is 1. The third-order valence-electron chi connectivity index (χ3n) is 2.58. The molecule has 104 valence electrons. The minimum absolute atomic E-state index is 0.00360. The maximum atomic E-state index is 12.2. The second-order valence-electron chi connectivity index (χ2n) is 4.03. The highest BCUT2D eigenvalue weighted by atomic mass is 35.5. The molecule has 0 unspecified atom stereocenters. The molecule has 0 saturated heterocycles. The van der Waals surface area contributed by atoms with Gasteiger partial charge in [-0.3, -0.25) is 4.98 Å². The van der Waals surface area contributed by atoms with Crippen molar-refractivity contribution in [2.24, 2.45) is 0 Å². The Balaban J connectivity index is 2.29. The van der Waals surface area contributed by atoms with Gasteiger partial charge >= 0.3 is 5.97 Å². The molecule has 0 spiro atoms. The van der Waals surface area contributed by atoms with Crippen molar-refractivity contribution in [1.29, 1.82) is 0 Å². The maximum absolute atomic E-state index is 12.2. The number of carbonyl (C=O) groups is 1. The number of pyridine rings is 1. The van der Waals surface area contributed by atoms with E-state index in [2.05, 4.69) is 4.98 Å². The summed E-state index contributed by atoms with van der Waals surface area (Å²) in [7, 11) is -3.62. The Labute approximate surface area is 120 Å². The Morgan fingerprint density at radius 3 is 2.45 bits per heavy atom. The van der Waals surface area contributed by atoms with Crippen LogP contribution >= 0.6 is 11.6 Å². The first-order chi connectivity index (χ1) is 9.40. The molecular formula is C13H10ClNO4S. The molecular weight excluding hydrogens is 302 g/mol. The lowest BCUT2D eigenvalue weighted by Gasteiger charge is -2.06. The summed E-state index contributed by atoms with van der Waals surface area (Å²) in [5, 5.41) is 8.89. The van der Waals surface area contributed by atoms with Gasteiger partial charge in [0.15, 0.2) is 9.84 Å². The van der Waals surface area contributed by atoms with E-state index < -0.39 is 15.8 Å². The third kappa shape index (κ3) is 3.15. The number of nitrogens with zero attached hydrogens (tertiary/aromatic N) is 1. The summed E-state index contributed by atoms with van der Waals surface area (Å²) in [4.78, 5) is 14.6. The van der Waals surface area contributed by atoms with Crippen LogP contribution in [0.1, 0.15) is 16.1 Å². The van der Waals surface area contributed by atoms with Crippen LogP contribution in [-0.2, 0) is 15.6 Å². The lowest BCUT2D eigenvalue weighted by molar-refractivity contribution is 0.0696. The molecule has 0 fully saturated rings. The van der Waals surface area contributed by atoms with E-state index in [9.17, 15) is 13.2 Å². The molecule has 0 radical (unpaired) electrons. The third-order valence-corrected chi connectivity index (χ3v) is 4.72. The lowest BCUT2D eigenvalue weighted by Crippen LogP contribution is -2.07. The molecule has 1 aromatic carbocycles. The van der Waals surface area contributed by atoms with Crippen molar-refractivity contribution >= 4 is 27.4 Å². The fraction of sp³-hybridized carbons (Fsp3) is 0.0769. The summed E-state index contributed by atoms with van der Waals surface area (Å²) >= 11 is 5.86. The molecule has 1 N–H and O–H groups in total. The number of hydrogen-bond donors (Lipinski definition) is 1. The summed E-state index contributed by atoms with van der Waals surface area (Å²) in [5.41, 5.74) is 0.263. The Hall–Kier alpha value is -1.92. The predicted molar refractivity (Wildman–Crippen MR) is 73.5 cm³/mol. The van der Waals surface area contributed by atoms with Crippen LogP contribution in [-0.4, -0.2) is 24.5 Å². The van der Waals surface area contributed by atoms with E-state index in [1.807, 2.05) is 0 Å². The second kappa shape index (κ2) is 5.60. The van der Waals surface area contributed by atoms with Crippen molar-refractivity contribution in [1.82, 2.24) is 4.98 Å². The molecule has 0 bridgehead atoms. The average molecular weight is 312 g/mol. The zero-order chi connectivity index (χ0) is 14.8. The van der Waals surface area contributed by atoms with Crippen molar-refractivity contribution in [2.45, 2.75) is 10.6 Å². The Morgan fingerprint density at radius 1 is 1.20 bits per heavy atom. The zero-order valence-corrected chi connectivity index (χ0v) is 11.7. The number of aromatic carboxylic acids is 1. The summed E-state index contributed by atoms with van der Waals surface area (Å²) < 4.78 is 24.4. The van der Waals surface area contributed by atoms with Gasteiger partial charge in [0.25, 0.3) is 0 Å². The van der Waals surface area contributed by atoms with Crippen LogP contribution < -0.4 is 0 Å². The molecule has 0 aliphatic heterocycles. The van der Waals surface area contributed by atoms with Gasteiger partial charge in [0.1, 0.15) is 0 Å². The fourth-order valence-corrected chi connectivity index (χ4v) is 3.46. The van der Waals surface area contributed by atoms with Gasteiger partial charge in [0.2, 0.25) is 0 Å². The standard InChI is InChI=1S/C13H10ClNO4S/c14-11-3-1-2-4-12(11)20(18,19)8-10-6-5-9(7-15-10)13(16)17/h1-7H,8H2,(H,16,17). The van der Waals surface area contributed by atoms with Crippen LogP contribution in [0.5, 0.6) is 0 Å². The number of carboxylic acid groups (broad SMARTS) is 1. The highest BCUT2D eigenvalue weighted by Gasteiger charge is 2.19. The summed E-state index contributed by atoms with van der Waals surface area (Å²) in [6, 6.07) is 8.82. The van der Waals surface area contributed by atoms with Gasteiger partial charge < -0.3 is 5.11 Å². The number of carboxylic acids is 1. The quantitative estimate of drug-likeness (QED) is 0.937. The van der Waals surface area contributed by atoms with Crippen molar-refractivity contribution in [2.75, 3.05) is 0 Å².